The lowest BCUT2D eigenvalue weighted by molar-refractivity contribution is -0.119. The van der Waals surface area contributed by atoms with E-state index in [-0.39, 0.29) is 11.8 Å². The number of hydrogen-bond donors (Lipinski definition) is 0. The SMILES string of the molecule is O=C(C(Cl)(Cl)CCl)C(Cl)(Cl)CCl.c1ccccc1. The monoisotopic (exact) mass is 368 g/mol. The molecule has 0 spiro atoms. The van der Waals surface area contributed by atoms with Crippen LogP contribution in [0.3, 0.4) is 0 Å². The van der Waals surface area contributed by atoms with E-state index in [1.165, 1.54) is 0 Å². The molecule has 0 saturated carbocycles. The van der Waals surface area contributed by atoms with Crippen LogP contribution in [0.4, 0.5) is 0 Å². The molecule has 0 amide bonds. The highest BCUT2D eigenvalue weighted by atomic mass is 35.5. The van der Waals surface area contributed by atoms with E-state index >= 15 is 0 Å². The molecule has 1 nitrogen and oxygen atoms in total. The fourth-order valence-electron chi connectivity index (χ4n) is 0.774. The first kappa shape index (κ1) is 18.6. The van der Waals surface area contributed by atoms with Gasteiger partial charge in [-0.05, 0) is 0 Å². The van der Waals surface area contributed by atoms with Crippen LogP contribution in [0.2, 0.25) is 0 Å². The molecule has 0 heterocycles. The number of ketones is 1. The summed E-state index contributed by atoms with van der Waals surface area (Å²) < 4.78 is -3.58. The van der Waals surface area contributed by atoms with Gasteiger partial charge in [-0.3, -0.25) is 4.79 Å². The van der Waals surface area contributed by atoms with E-state index in [9.17, 15) is 4.79 Å². The maximum absolute atomic E-state index is 11.3. The summed E-state index contributed by atoms with van der Waals surface area (Å²) in [5, 5.41) is 0. The summed E-state index contributed by atoms with van der Waals surface area (Å²) in [7, 11) is 0. The molecule has 1 rings (SSSR count). The second kappa shape index (κ2) is 8.73. The minimum atomic E-state index is -1.79. The van der Waals surface area contributed by atoms with Crippen molar-refractivity contribution >= 4 is 75.4 Å². The molecule has 0 N–H and O–H groups in total. The van der Waals surface area contributed by atoms with Crippen molar-refractivity contribution in [2.24, 2.45) is 0 Å². The van der Waals surface area contributed by atoms with Crippen molar-refractivity contribution in [3.05, 3.63) is 36.4 Å². The molecule has 0 atom stereocenters. The molecule has 1 aromatic rings. The number of carbonyl (C=O) groups is 1. The highest BCUT2D eigenvalue weighted by molar-refractivity contribution is 6.70. The first-order chi connectivity index (χ1) is 8.28. The Morgan fingerprint density at radius 1 is 0.722 bits per heavy atom. The van der Waals surface area contributed by atoms with Crippen molar-refractivity contribution in [3.8, 4) is 0 Å². The molecule has 102 valence electrons. The highest BCUT2D eigenvalue weighted by Crippen LogP contribution is 2.35. The standard InChI is InChI=1S/C6H6.C5H4Cl6O/c1-2-4-6-5-3-1;6-1-4(8,9)3(12)5(10,11)2-7/h1-6H;1-2H2. The van der Waals surface area contributed by atoms with Crippen molar-refractivity contribution in [1.82, 2.24) is 0 Å². The van der Waals surface area contributed by atoms with Crippen LogP contribution in [-0.4, -0.2) is 26.2 Å². The van der Waals surface area contributed by atoms with E-state index in [1.807, 2.05) is 36.4 Å². The van der Waals surface area contributed by atoms with E-state index < -0.39 is 14.4 Å². The molecule has 0 aromatic heterocycles. The van der Waals surface area contributed by atoms with Gasteiger partial charge < -0.3 is 0 Å². The van der Waals surface area contributed by atoms with Crippen molar-refractivity contribution < 1.29 is 4.79 Å². The van der Waals surface area contributed by atoms with Crippen LogP contribution in [0.1, 0.15) is 0 Å². The van der Waals surface area contributed by atoms with Gasteiger partial charge in [0, 0.05) is 0 Å². The van der Waals surface area contributed by atoms with Crippen LogP contribution >= 0.6 is 69.6 Å². The van der Waals surface area contributed by atoms with Crippen LogP contribution in [-0.2, 0) is 4.79 Å². The lowest BCUT2D eigenvalue weighted by Gasteiger charge is -2.22. The maximum Gasteiger partial charge on any atom is 0.207 e. The summed E-state index contributed by atoms with van der Waals surface area (Å²) in [4.78, 5) is 11.3. The smallest absolute Gasteiger partial charge is 0.207 e. The van der Waals surface area contributed by atoms with E-state index in [4.69, 9.17) is 69.6 Å². The van der Waals surface area contributed by atoms with E-state index in [2.05, 4.69) is 0 Å². The first-order valence-corrected chi connectivity index (χ1v) is 7.28. The Morgan fingerprint density at radius 3 is 1.11 bits per heavy atom. The summed E-state index contributed by atoms with van der Waals surface area (Å²) in [6, 6.07) is 12.0. The number of benzene rings is 1. The number of alkyl halides is 6. The molecule has 0 fully saturated rings. The molecule has 18 heavy (non-hydrogen) atoms. The number of rotatable bonds is 4. The molecular formula is C11H10Cl6O. The maximum atomic E-state index is 11.3. The van der Waals surface area contributed by atoms with Gasteiger partial charge in [0.1, 0.15) is 0 Å². The Kier molecular flexibility index (Phi) is 9.04. The second-order valence-corrected chi connectivity index (χ2v) is 6.66. The van der Waals surface area contributed by atoms with Crippen LogP contribution < -0.4 is 0 Å². The Labute approximate surface area is 136 Å². The molecule has 1 aromatic carbocycles. The molecule has 0 aliphatic rings. The summed E-state index contributed by atoms with van der Waals surface area (Å²) in [5.74, 6) is -1.41. The lowest BCUT2D eigenvalue weighted by atomic mass is 10.2. The molecular weight excluding hydrogens is 361 g/mol. The Hall–Kier alpha value is 0.630. The van der Waals surface area contributed by atoms with Crippen LogP contribution in [0.15, 0.2) is 36.4 Å². The topological polar surface area (TPSA) is 17.1 Å². The van der Waals surface area contributed by atoms with Crippen molar-refractivity contribution in [2.45, 2.75) is 8.67 Å². The van der Waals surface area contributed by atoms with Crippen molar-refractivity contribution in [1.29, 1.82) is 0 Å². The van der Waals surface area contributed by atoms with Gasteiger partial charge >= 0.3 is 0 Å². The van der Waals surface area contributed by atoms with Gasteiger partial charge in [0.25, 0.3) is 0 Å². The van der Waals surface area contributed by atoms with Gasteiger partial charge in [0.05, 0.1) is 11.8 Å². The Bertz CT molecular complexity index is 307. The van der Waals surface area contributed by atoms with Gasteiger partial charge in [-0.25, -0.2) is 0 Å². The zero-order valence-electron chi connectivity index (χ0n) is 9.05. The zero-order chi connectivity index (χ0) is 14.2. The molecule has 0 aliphatic carbocycles. The third-order valence-electron chi connectivity index (χ3n) is 1.67. The van der Waals surface area contributed by atoms with Gasteiger partial charge in [-0.1, -0.05) is 82.8 Å². The average Bonchev–Trinajstić information content (AvgIpc) is 2.40. The number of hydrogen-bond acceptors (Lipinski definition) is 1. The van der Waals surface area contributed by atoms with Gasteiger partial charge in [-0.2, -0.15) is 0 Å². The van der Waals surface area contributed by atoms with Crippen molar-refractivity contribution in [2.75, 3.05) is 11.8 Å². The third-order valence-corrected chi connectivity index (χ3v) is 4.24. The minimum absolute atomic E-state index is 0.299. The average molecular weight is 371 g/mol. The summed E-state index contributed by atoms with van der Waals surface area (Å²) in [6.45, 7) is 0. The molecule has 0 aliphatic heterocycles. The molecule has 0 radical (unpaired) electrons. The largest absolute Gasteiger partial charge is 0.293 e. The predicted molar refractivity (Wildman–Crippen MR) is 81.8 cm³/mol. The van der Waals surface area contributed by atoms with Crippen LogP contribution in [0.5, 0.6) is 0 Å². The molecule has 0 saturated heterocycles. The summed E-state index contributed by atoms with van der Waals surface area (Å²) in [5.41, 5.74) is 0. The lowest BCUT2D eigenvalue weighted by Crippen LogP contribution is -2.42. The van der Waals surface area contributed by atoms with Gasteiger partial charge in [-0.15, -0.1) is 23.2 Å². The van der Waals surface area contributed by atoms with E-state index in [0.717, 1.165) is 0 Å². The van der Waals surface area contributed by atoms with Crippen LogP contribution in [0.25, 0.3) is 0 Å². The van der Waals surface area contributed by atoms with Crippen molar-refractivity contribution in [3.63, 3.8) is 0 Å². The Morgan fingerprint density at radius 2 is 0.944 bits per heavy atom. The minimum Gasteiger partial charge on any atom is -0.293 e. The van der Waals surface area contributed by atoms with E-state index in [0.29, 0.717) is 0 Å². The third kappa shape index (κ3) is 6.70. The molecule has 0 unspecified atom stereocenters. The molecule has 0 bridgehead atoms. The van der Waals surface area contributed by atoms with Gasteiger partial charge in [0.2, 0.25) is 5.78 Å². The summed E-state index contributed by atoms with van der Waals surface area (Å²) in [6.07, 6.45) is 0. The normalized spacial score (nSPS) is 11.4. The fraction of sp³-hybridized carbons (Fsp3) is 0.364. The van der Waals surface area contributed by atoms with Gasteiger partial charge in [0.15, 0.2) is 8.67 Å². The fourth-order valence-corrected chi connectivity index (χ4v) is 1.86. The summed E-state index contributed by atoms with van der Waals surface area (Å²) >= 11 is 32.6. The Balaban J connectivity index is 0.000000397. The first-order valence-electron chi connectivity index (χ1n) is 4.70. The highest BCUT2D eigenvalue weighted by Gasteiger charge is 2.46. The quantitative estimate of drug-likeness (QED) is 0.676. The number of halogens is 6. The van der Waals surface area contributed by atoms with Crippen LogP contribution in [0, 0.1) is 0 Å². The van der Waals surface area contributed by atoms with E-state index in [1.54, 1.807) is 0 Å². The second-order valence-electron chi connectivity index (χ2n) is 3.16. The molecule has 7 heteroatoms. The number of Topliss-reactive ketones (excluding diaryl/α,β-unsaturated/α-hetero) is 1. The zero-order valence-corrected chi connectivity index (χ0v) is 13.6. The number of carbonyl (C=O) groups excluding carboxylic acids is 1. The predicted octanol–water partition coefficient (Wildman–Crippen LogP) is 5.07.